The van der Waals surface area contributed by atoms with Crippen molar-refractivity contribution in [3.05, 3.63) is 46.1 Å². The minimum atomic E-state index is -0.0964. The fourth-order valence-corrected chi connectivity index (χ4v) is 4.47. The van der Waals surface area contributed by atoms with Crippen LogP contribution in [0.2, 0.25) is 5.02 Å². The number of benzene rings is 1. The molecule has 126 valence electrons. The van der Waals surface area contributed by atoms with Gasteiger partial charge >= 0.3 is 0 Å². The van der Waals surface area contributed by atoms with E-state index in [1.165, 1.54) is 22.2 Å². The molecule has 24 heavy (non-hydrogen) atoms. The number of aromatic hydroxyl groups is 1. The average Bonchev–Trinajstić information content (AvgIpc) is 3.15. The fourth-order valence-electron chi connectivity index (χ4n) is 3.15. The largest absolute Gasteiger partial charge is 0.492 e. The van der Waals surface area contributed by atoms with E-state index in [1.807, 2.05) is 24.3 Å². The number of aromatic nitrogens is 3. The summed E-state index contributed by atoms with van der Waals surface area (Å²) < 4.78 is 1.49. The van der Waals surface area contributed by atoms with E-state index in [4.69, 9.17) is 11.6 Å². The first-order valence-electron chi connectivity index (χ1n) is 7.83. The highest BCUT2D eigenvalue weighted by atomic mass is 35.5. The third-order valence-corrected chi connectivity index (χ3v) is 5.92. The van der Waals surface area contributed by atoms with Gasteiger partial charge in [0.05, 0.1) is 10.9 Å². The van der Waals surface area contributed by atoms with Crippen molar-refractivity contribution < 1.29 is 5.11 Å². The maximum atomic E-state index is 10.7. The van der Waals surface area contributed by atoms with Crippen LogP contribution in [0.5, 0.6) is 5.88 Å². The first-order valence-corrected chi connectivity index (χ1v) is 9.03. The molecule has 1 atom stereocenters. The molecule has 8 heteroatoms. The van der Waals surface area contributed by atoms with Crippen LogP contribution in [0.1, 0.15) is 16.5 Å². The summed E-state index contributed by atoms with van der Waals surface area (Å²) in [5, 5.41) is 15.5. The Morgan fingerprint density at radius 2 is 1.96 bits per heavy atom. The quantitative estimate of drug-likeness (QED) is 0.774. The van der Waals surface area contributed by atoms with E-state index < -0.39 is 0 Å². The smallest absolute Gasteiger partial charge is 0.230 e. The summed E-state index contributed by atoms with van der Waals surface area (Å²) in [6.07, 6.45) is 1.45. The molecule has 1 fully saturated rings. The van der Waals surface area contributed by atoms with Crippen molar-refractivity contribution in [2.45, 2.75) is 6.04 Å². The van der Waals surface area contributed by atoms with E-state index in [1.54, 1.807) is 0 Å². The van der Waals surface area contributed by atoms with Gasteiger partial charge in [-0.05, 0) is 18.7 Å². The Morgan fingerprint density at radius 3 is 2.67 bits per heavy atom. The van der Waals surface area contributed by atoms with E-state index >= 15 is 0 Å². The fraction of sp³-hybridized carbons (Fsp3) is 0.375. The Hall–Kier alpha value is -1.67. The summed E-state index contributed by atoms with van der Waals surface area (Å²) >= 11 is 7.95. The van der Waals surface area contributed by atoms with E-state index in [-0.39, 0.29) is 11.9 Å². The summed E-state index contributed by atoms with van der Waals surface area (Å²) in [6, 6.07) is 7.74. The number of rotatable bonds is 3. The van der Waals surface area contributed by atoms with Crippen molar-refractivity contribution >= 4 is 27.9 Å². The average molecular weight is 364 g/mol. The van der Waals surface area contributed by atoms with E-state index in [9.17, 15) is 5.11 Å². The molecule has 2 aromatic heterocycles. The zero-order valence-corrected chi connectivity index (χ0v) is 14.8. The number of fused-ring (bicyclic) bond motifs is 1. The molecule has 0 radical (unpaired) electrons. The standard InChI is InChI=1S/C16H18ClN5OS/c1-20-6-8-21(9-7-20)13(11-4-2-3-5-12(11)17)14-15(23)22-16(24-14)18-10-19-22/h2-5,10,13,23H,6-9H2,1H3/t13-/m1/s1. The van der Waals surface area contributed by atoms with E-state index in [0.29, 0.717) is 9.98 Å². The van der Waals surface area contributed by atoms with Gasteiger partial charge in [0.15, 0.2) is 0 Å². The number of hydrogen-bond acceptors (Lipinski definition) is 6. The summed E-state index contributed by atoms with van der Waals surface area (Å²) in [7, 11) is 2.13. The van der Waals surface area contributed by atoms with Crippen LogP contribution in [-0.2, 0) is 0 Å². The lowest BCUT2D eigenvalue weighted by atomic mass is 10.0. The molecule has 0 spiro atoms. The molecule has 1 saturated heterocycles. The molecular weight excluding hydrogens is 346 g/mol. The second-order valence-corrected chi connectivity index (χ2v) is 7.42. The lowest BCUT2D eigenvalue weighted by Crippen LogP contribution is -2.46. The summed E-state index contributed by atoms with van der Waals surface area (Å²) in [5.41, 5.74) is 1.00. The third-order valence-electron chi connectivity index (χ3n) is 4.49. The molecule has 4 rings (SSSR count). The molecule has 3 aromatic rings. The second kappa shape index (κ2) is 6.33. The molecule has 1 N–H and O–H groups in total. The normalized spacial score (nSPS) is 18.2. The SMILES string of the molecule is CN1CCN([C@H](c2ccccc2Cl)c2sc3ncnn3c2O)CC1. The van der Waals surface area contributed by atoms with Crippen LogP contribution in [0.15, 0.2) is 30.6 Å². The Morgan fingerprint density at radius 1 is 1.21 bits per heavy atom. The van der Waals surface area contributed by atoms with Crippen molar-refractivity contribution in [2.24, 2.45) is 0 Å². The van der Waals surface area contributed by atoms with Crippen LogP contribution in [0.25, 0.3) is 4.96 Å². The highest BCUT2D eigenvalue weighted by molar-refractivity contribution is 7.17. The number of halogens is 1. The topological polar surface area (TPSA) is 56.9 Å². The van der Waals surface area contributed by atoms with Gasteiger partial charge in [-0.2, -0.15) is 9.61 Å². The first-order chi connectivity index (χ1) is 11.6. The van der Waals surface area contributed by atoms with E-state index in [0.717, 1.165) is 36.6 Å². The van der Waals surface area contributed by atoms with Crippen LogP contribution in [0.4, 0.5) is 0 Å². The van der Waals surface area contributed by atoms with Crippen LogP contribution < -0.4 is 0 Å². The van der Waals surface area contributed by atoms with Gasteiger partial charge < -0.3 is 10.0 Å². The molecule has 0 saturated carbocycles. The molecule has 1 aliphatic rings. The molecule has 6 nitrogen and oxygen atoms in total. The number of thiazole rings is 1. The predicted molar refractivity (Wildman–Crippen MR) is 94.9 cm³/mol. The highest BCUT2D eigenvalue weighted by Gasteiger charge is 2.31. The van der Waals surface area contributed by atoms with Gasteiger partial charge in [-0.15, -0.1) is 0 Å². The monoisotopic (exact) mass is 363 g/mol. The molecule has 0 aliphatic carbocycles. The molecular formula is C16H18ClN5OS. The lowest BCUT2D eigenvalue weighted by Gasteiger charge is -2.38. The van der Waals surface area contributed by atoms with Crippen LogP contribution in [-0.4, -0.2) is 62.7 Å². The Kier molecular flexibility index (Phi) is 4.17. The summed E-state index contributed by atoms with van der Waals surface area (Å²) in [4.78, 5) is 10.4. The van der Waals surface area contributed by atoms with E-state index in [2.05, 4.69) is 26.9 Å². The lowest BCUT2D eigenvalue weighted by molar-refractivity contribution is 0.127. The molecule has 1 aromatic carbocycles. The van der Waals surface area contributed by atoms with Gasteiger partial charge in [-0.25, -0.2) is 4.98 Å². The van der Waals surface area contributed by atoms with Gasteiger partial charge in [0, 0.05) is 31.2 Å². The minimum absolute atomic E-state index is 0.0964. The first kappa shape index (κ1) is 15.8. The Labute approximate surface area is 148 Å². The number of nitrogens with zero attached hydrogens (tertiary/aromatic N) is 5. The highest BCUT2D eigenvalue weighted by Crippen LogP contribution is 2.41. The van der Waals surface area contributed by atoms with Gasteiger partial charge in [0.1, 0.15) is 6.33 Å². The van der Waals surface area contributed by atoms with Crippen molar-refractivity contribution in [1.82, 2.24) is 24.4 Å². The molecule has 0 bridgehead atoms. The predicted octanol–water partition coefficient (Wildman–Crippen LogP) is 2.49. The van der Waals surface area contributed by atoms with Crippen molar-refractivity contribution in [3.8, 4) is 5.88 Å². The zero-order valence-electron chi connectivity index (χ0n) is 13.3. The minimum Gasteiger partial charge on any atom is -0.492 e. The third kappa shape index (κ3) is 2.67. The summed E-state index contributed by atoms with van der Waals surface area (Å²) in [5.74, 6) is 0.149. The second-order valence-electron chi connectivity index (χ2n) is 6.01. The maximum absolute atomic E-state index is 10.7. The van der Waals surface area contributed by atoms with Gasteiger partial charge in [0.25, 0.3) is 0 Å². The van der Waals surface area contributed by atoms with Gasteiger partial charge in [-0.3, -0.25) is 4.90 Å². The van der Waals surface area contributed by atoms with Crippen LogP contribution in [0.3, 0.4) is 0 Å². The van der Waals surface area contributed by atoms with Crippen molar-refractivity contribution in [1.29, 1.82) is 0 Å². The van der Waals surface area contributed by atoms with Crippen LogP contribution in [0, 0.1) is 0 Å². The van der Waals surface area contributed by atoms with Gasteiger partial charge in [0.2, 0.25) is 10.8 Å². The summed E-state index contributed by atoms with van der Waals surface area (Å²) in [6.45, 7) is 3.81. The number of hydrogen-bond donors (Lipinski definition) is 1. The van der Waals surface area contributed by atoms with Crippen LogP contribution >= 0.6 is 22.9 Å². The molecule has 1 aliphatic heterocycles. The zero-order chi connectivity index (χ0) is 16.7. The maximum Gasteiger partial charge on any atom is 0.230 e. The number of piperazine rings is 1. The molecule has 3 heterocycles. The van der Waals surface area contributed by atoms with Crippen molar-refractivity contribution in [2.75, 3.05) is 33.2 Å². The van der Waals surface area contributed by atoms with Crippen molar-refractivity contribution in [3.63, 3.8) is 0 Å². The molecule has 0 amide bonds. The Bertz CT molecular complexity index is 855. The van der Waals surface area contributed by atoms with Gasteiger partial charge in [-0.1, -0.05) is 41.1 Å². The molecule has 0 unspecified atom stereocenters. The number of likely N-dealkylation sites (N-methyl/N-ethyl adjacent to an activating group) is 1. The Balaban J connectivity index is 1.82.